The van der Waals surface area contributed by atoms with E-state index in [1.54, 1.807) is 0 Å². The van der Waals surface area contributed by atoms with Crippen LogP contribution in [-0.2, 0) is 4.79 Å². The van der Waals surface area contributed by atoms with Crippen LogP contribution in [0, 0.1) is 11.6 Å². The maximum atomic E-state index is 12.6. The number of hydrogen-bond acceptors (Lipinski definition) is 2. The van der Waals surface area contributed by atoms with Crippen molar-refractivity contribution in [3.63, 3.8) is 0 Å². The fraction of sp³-hybridized carbons (Fsp3) is 0.222. The van der Waals surface area contributed by atoms with Crippen LogP contribution in [0.4, 0.5) is 8.78 Å². The summed E-state index contributed by atoms with van der Waals surface area (Å²) in [5.74, 6) is -2.96. The first-order chi connectivity index (χ1) is 6.49. The number of hydrogen-bond donors (Lipinski definition) is 1. The lowest BCUT2D eigenvalue weighted by molar-refractivity contribution is -0.144. The minimum Gasteiger partial charge on any atom is -0.479 e. The summed E-state index contributed by atoms with van der Waals surface area (Å²) in [6, 6.07) is 2.52. The normalized spacial score (nSPS) is 12.2. The molecule has 0 fully saturated rings. The molecule has 1 N–H and O–H groups in total. The maximum Gasteiger partial charge on any atom is 0.344 e. The van der Waals surface area contributed by atoms with Crippen LogP contribution in [0.15, 0.2) is 18.2 Å². The Balaban J connectivity index is 2.81. The number of carbonyl (C=O) groups is 1. The maximum absolute atomic E-state index is 12.6. The predicted octanol–water partition coefficient (Wildman–Crippen LogP) is 1.82. The highest BCUT2D eigenvalue weighted by atomic mass is 19.1. The Morgan fingerprint density at radius 2 is 1.86 bits per heavy atom. The second kappa shape index (κ2) is 4.04. The molecular formula is C9H8F2O3. The van der Waals surface area contributed by atoms with E-state index in [1.807, 2.05) is 0 Å². The Labute approximate surface area is 78.9 Å². The molecule has 0 aliphatic carbocycles. The van der Waals surface area contributed by atoms with Gasteiger partial charge < -0.3 is 9.84 Å². The molecule has 0 amide bonds. The van der Waals surface area contributed by atoms with E-state index >= 15 is 0 Å². The fourth-order valence-corrected chi connectivity index (χ4v) is 0.851. The van der Waals surface area contributed by atoms with E-state index in [2.05, 4.69) is 0 Å². The van der Waals surface area contributed by atoms with E-state index < -0.39 is 23.7 Å². The molecule has 1 atom stereocenters. The molecule has 0 radical (unpaired) electrons. The predicted molar refractivity (Wildman–Crippen MR) is 44.1 cm³/mol. The van der Waals surface area contributed by atoms with Crippen LogP contribution in [0.1, 0.15) is 6.92 Å². The van der Waals surface area contributed by atoms with Crippen molar-refractivity contribution in [2.75, 3.05) is 0 Å². The first kappa shape index (κ1) is 10.4. The molecule has 0 saturated carbocycles. The lowest BCUT2D eigenvalue weighted by Gasteiger charge is -2.09. The summed E-state index contributed by atoms with van der Waals surface area (Å²) in [6.45, 7) is 1.27. The zero-order chi connectivity index (χ0) is 10.7. The molecule has 3 nitrogen and oxygen atoms in total. The molecular weight excluding hydrogens is 194 g/mol. The van der Waals surface area contributed by atoms with Gasteiger partial charge in [0.05, 0.1) is 0 Å². The molecule has 1 rings (SSSR count). The number of aliphatic carboxylic acids is 1. The number of rotatable bonds is 3. The van der Waals surface area contributed by atoms with E-state index in [-0.39, 0.29) is 5.75 Å². The van der Waals surface area contributed by atoms with Gasteiger partial charge in [-0.25, -0.2) is 13.6 Å². The molecule has 1 aromatic rings. The molecule has 0 heterocycles. The third-order valence-corrected chi connectivity index (χ3v) is 1.50. The monoisotopic (exact) mass is 202 g/mol. The van der Waals surface area contributed by atoms with Crippen LogP contribution in [0.2, 0.25) is 0 Å². The lowest BCUT2D eigenvalue weighted by atomic mass is 10.3. The minimum atomic E-state index is -1.20. The molecule has 0 spiro atoms. The summed E-state index contributed by atoms with van der Waals surface area (Å²) < 4.78 is 30.0. The van der Waals surface area contributed by atoms with Crippen LogP contribution in [-0.4, -0.2) is 17.2 Å². The molecule has 0 aromatic heterocycles. The van der Waals surface area contributed by atoms with Gasteiger partial charge in [0.25, 0.3) is 0 Å². The Hall–Kier alpha value is -1.65. The third-order valence-electron chi connectivity index (χ3n) is 1.50. The van der Waals surface area contributed by atoms with Crippen molar-refractivity contribution < 1.29 is 23.4 Å². The summed E-state index contributed by atoms with van der Waals surface area (Å²) in [5.41, 5.74) is 0. The zero-order valence-corrected chi connectivity index (χ0v) is 7.33. The van der Waals surface area contributed by atoms with E-state index in [9.17, 15) is 13.6 Å². The van der Waals surface area contributed by atoms with Gasteiger partial charge in [0.1, 0.15) is 17.4 Å². The van der Waals surface area contributed by atoms with Crippen molar-refractivity contribution in [3.8, 4) is 5.75 Å². The van der Waals surface area contributed by atoms with Gasteiger partial charge in [-0.2, -0.15) is 0 Å². The smallest absolute Gasteiger partial charge is 0.344 e. The third kappa shape index (κ3) is 2.69. The largest absolute Gasteiger partial charge is 0.479 e. The standard InChI is InChI=1S/C9H8F2O3/c1-5(9(12)13)14-8-3-6(10)2-7(11)4-8/h2-5H,1H3,(H,12,13)/t5-/m0/s1. The average molecular weight is 202 g/mol. The van der Waals surface area contributed by atoms with E-state index in [0.717, 1.165) is 12.1 Å². The van der Waals surface area contributed by atoms with Gasteiger partial charge in [0.2, 0.25) is 0 Å². The summed E-state index contributed by atoms with van der Waals surface area (Å²) in [6.07, 6.45) is -1.14. The van der Waals surface area contributed by atoms with Gasteiger partial charge in [-0.3, -0.25) is 0 Å². The van der Waals surface area contributed by atoms with Gasteiger partial charge in [-0.05, 0) is 6.92 Å². The number of carboxylic acids is 1. The topological polar surface area (TPSA) is 46.5 Å². The highest BCUT2D eigenvalue weighted by molar-refractivity contribution is 5.72. The Kier molecular flexibility index (Phi) is 3.01. The summed E-state index contributed by atoms with van der Waals surface area (Å²) in [4.78, 5) is 10.4. The number of halogens is 2. The summed E-state index contributed by atoms with van der Waals surface area (Å²) in [5, 5.41) is 8.47. The number of benzene rings is 1. The quantitative estimate of drug-likeness (QED) is 0.813. The number of ether oxygens (including phenoxy) is 1. The van der Waals surface area contributed by atoms with Crippen LogP contribution in [0.5, 0.6) is 5.75 Å². The molecule has 0 aliphatic rings. The Morgan fingerprint density at radius 1 is 1.36 bits per heavy atom. The summed E-state index contributed by atoms with van der Waals surface area (Å²) in [7, 11) is 0. The molecule has 14 heavy (non-hydrogen) atoms. The van der Waals surface area contributed by atoms with Crippen LogP contribution < -0.4 is 4.74 Å². The van der Waals surface area contributed by atoms with Crippen LogP contribution in [0.3, 0.4) is 0 Å². The van der Waals surface area contributed by atoms with Crippen LogP contribution >= 0.6 is 0 Å². The lowest BCUT2D eigenvalue weighted by Crippen LogP contribution is -2.22. The molecule has 0 unspecified atom stereocenters. The highest BCUT2D eigenvalue weighted by Gasteiger charge is 2.13. The van der Waals surface area contributed by atoms with Gasteiger partial charge in [-0.15, -0.1) is 0 Å². The first-order valence-corrected chi connectivity index (χ1v) is 3.84. The molecule has 1 aromatic carbocycles. The van der Waals surface area contributed by atoms with Crippen molar-refractivity contribution >= 4 is 5.97 Å². The zero-order valence-electron chi connectivity index (χ0n) is 7.33. The van der Waals surface area contributed by atoms with Gasteiger partial charge in [0, 0.05) is 18.2 Å². The van der Waals surface area contributed by atoms with E-state index in [1.165, 1.54) is 6.92 Å². The van der Waals surface area contributed by atoms with E-state index in [4.69, 9.17) is 9.84 Å². The van der Waals surface area contributed by atoms with Crippen molar-refractivity contribution in [3.05, 3.63) is 29.8 Å². The molecule has 76 valence electrons. The molecule has 5 heteroatoms. The molecule has 0 aliphatic heterocycles. The van der Waals surface area contributed by atoms with Crippen molar-refractivity contribution in [1.29, 1.82) is 0 Å². The number of carboxylic acid groups (broad SMARTS) is 1. The second-order valence-corrected chi connectivity index (χ2v) is 2.70. The van der Waals surface area contributed by atoms with Gasteiger partial charge in [0.15, 0.2) is 6.10 Å². The first-order valence-electron chi connectivity index (χ1n) is 3.84. The molecule has 0 saturated heterocycles. The van der Waals surface area contributed by atoms with Crippen molar-refractivity contribution in [2.24, 2.45) is 0 Å². The Morgan fingerprint density at radius 3 is 2.29 bits per heavy atom. The molecule has 0 bridgehead atoms. The van der Waals surface area contributed by atoms with E-state index in [0.29, 0.717) is 6.07 Å². The van der Waals surface area contributed by atoms with Crippen molar-refractivity contribution in [1.82, 2.24) is 0 Å². The average Bonchev–Trinajstić information content (AvgIpc) is 2.01. The Bertz CT molecular complexity index is 332. The van der Waals surface area contributed by atoms with Crippen molar-refractivity contribution in [2.45, 2.75) is 13.0 Å². The second-order valence-electron chi connectivity index (χ2n) is 2.70. The van der Waals surface area contributed by atoms with Gasteiger partial charge >= 0.3 is 5.97 Å². The minimum absolute atomic E-state index is 0.141. The summed E-state index contributed by atoms with van der Waals surface area (Å²) >= 11 is 0. The fourth-order valence-electron chi connectivity index (χ4n) is 0.851. The highest BCUT2D eigenvalue weighted by Crippen LogP contribution is 2.16. The van der Waals surface area contributed by atoms with Crippen LogP contribution in [0.25, 0.3) is 0 Å². The van der Waals surface area contributed by atoms with Gasteiger partial charge in [-0.1, -0.05) is 0 Å². The SMILES string of the molecule is C[C@H](Oc1cc(F)cc(F)c1)C(=O)O.